The van der Waals surface area contributed by atoms with Crippen LogP contribution in [0.4, 0.5) is 0 Å². The number of aryl methyl sites for hydroxylation is 1. The molecule has 1 atom stereocenters. The number of H-pyrrole nitrogens is 1. The average molecular weight is 425 g/mol. The molecule has 32 heavy (non-hydrogen) atoms. The standard InChI is InChI=1S/C28H28N2O2/c1-19-28(21-5-3-2-4-6-21)25-17-24(11-12-26(25)29-19)31-22-7-9-23(10-8-22)32-27-18-30-15-13-20(27)14-16-30/h2-12,17,20,27,29H,13-16,18H2,1H3. The van der Waals surface area contributed by atoms with Gasteiger partial charge in [0, 0.05) is 28.7 Å². The molecule has 0 aliphatic carbocycles. The van der Waals surface area contributed by atoms with E-state index in [1.54, 1.807) is 0 Å². The lowest BCUT2D eigenvalue weighted by molar-refractivity contribution is -0.00777. The lowest BCUT2D eigenvalue weighted by atomic mass is 9.86. The SMILES string of the molecule is Cc1[nH]c2ccc(Oc3ccc(OC4CN5CCC4CC5)cc3)cc2c1-c1ccccc1. The summed E-state index contributed by atoms with van der Waals surface area (Å²) in [5, 5.41) is 1.17. The van der Waals surface area contributed by atoms with Crippen molar-refractivity contribution in [1.29, 1.82) is 0 Å². The van der Waals surface area contributed by atoms with E-state index < -0.39 is 0 Å². The maximum Gasteiger partial charge on any atom is 0.128 e. The van der Waals surface area contributed by atoms with E-state index in [1.165, 1.54) is 42.4 Å². The number of ether oxygens (including phenoxy) is 2. The summed E-state index contributed by atoms with van der Waals surface area (Å²) >= 11 is 0. The summed E-state index contributed by atoms with van der Waals surface area (Å²) in [7, 11) is 0. The number of fused-ring (bicyclic) bond motifs is 4. The molecular weight excluding hydrogens is 396 g/mol. The largest absolute Gasteiger partial charge is 0.489 e. The lowest BCUT2D eigenvalue weighted by Crippen LogP contribution is -2.52. The first kappa shape index (κ1) is 19.4. The van der Waals surface area contributed by atoms with E-state index in [-0.39, 0.29) is 0 Å². The Morgan fingerprint density at radius 1 is 0.844 bits per heavy atom. The Balaban J connectivity index is 1.21. The molecule has 3 aliphatic heterocycles. The molecule has 7 rings (SSSR count). The van der Waals surface area contributed by atoms with Crippen LogP contribution < -0.4 is 9.47 Å². The summed E-state index contributed by atoms with van der Waals surface area (Å²) in [5.41, 5.74) is 4.72. The summed E-state index contributed by atoms with van der Waals surface area (Å²) in [6.07, 6.45) is 2.84. The second-order valence-corrected chi connectivity index (χ2v) is 9.07. The van der Waals surface area contributed by atoms with Crippen molar-refractivity contribution in [2.45, 2.75) is 25.9 Å². The molecular formula is C28H28N2O2. The van der Waals surface area contributed by atoms with Crippen molar-refractivity contribution in [3.8, 4) is 28.4 Å². The molecule has 0 saturated carbocycles. The molecule has 1 unspecified atom stereocenters. The van der Waals surface area contributed by atoms with Crippen molar-refractivity contribution in [3.05, 3.63) is 78.5 Å². The number of rotatable bonds is 5. The first-order valence-corrected chi connectivity index (χ1v) is 11.6. The highest BCUT2D eigenvalue weighted by atomic mass is 16.5. The van der Waals surface area contributed by atoms with Gasteiger partial charge in [0.25, 0.3) is 0 Å². The van der Waals surface area contributed by atoms with E-state index >= 15 is 0 Å². The van der Waals surface area contributed by atoms with Gasteiger partial charge in [-0.05, 0) is 86.8 Å². The first-order valence-electron chi connectivity index (χ1n) is 11.6. The van der Waals surface area contributed by atoms with Gasteiger partial charge >= 0.3 is 0 Å². The minimum Gasteiger partial charge on any atom is -0.489 e. The molecule has 2 bridgehead atoms. The molecule has 4 aromatic rings. The molecule has 3 aliphatic rings. The second kappa shape index (κ2) is 8.03. The maximum atomic E-state index is 6.32. The topological polar surface area (TPSA) is 37.5 Å². The van der Waals surface area contributed by atoms with E-state index in [0.29, 0.717) is 12.0 Å². The van der Waals surface area contributed by atoms with Crippen LogP contribution in [-0.4, -0.2) is 35.6 Å². The third-order valence-corrected chi connectivity index (χ3v) is 6.96. The van der Waals surface area contributed by atoms with Crippen LogP contribution in [0.15, 0.2) is 72.8 Å². The number of hydrogen-bond donors (Lipinski definition) is 1. The highest BCUT2D eigenvalue weighted by Gasteiger charge is 2.35. The molecule has 4 nitrogen and oxygen atoms in total. The molecule has 0 spiro atoms. The van der Waals surface area contributed by atoms with Crippen LogP contribution in [0, 0.1) is 12.8 Å². The Kier molecular flexibility index (Phi) is 4.88. The third-order valence-electron chi connectivity index (χ3n) is 6.96. The van der Waals surface area contributed by atoms with Gasteiger partial charge in [-0.3, -0.25) is 4.90 Å². The highest BCUT2D eigenvalue weighted by Crippen LogP contribution is 2.36. The van der Waals surface area contributed by atoms with Crippen molar-refractivity contribution >= 4 is 10.9 Å². The molecule has 4 heteroatoms. The fourth-order valence-electron chi connectivity index (χ4n) is 5.29. The van der Waals surface area contributed by atoms with Crippen molar-refractivity contribution < 1.29 is 9.47 Å². The minimum atomic E-state index is 0.319. The number of hydrogen-bond acceptors (Lipinski definition) is 3. The third kappa shape index (κ3) is 3.65. The smallest absolute Gasteiger partial charge is 0.128 e. The van der Waals surface area contributed by atoms with Crippen LogP contribution in [0.25, 0.3) is 22.0 Å². The molecule has 0 radical (unpaired) electrons. The van der Waals surface area contributed by atoms with Crippen LogP contribution in [0.5, 0.6) is 17.2 Å². The van der Waals surface area contributed by atoms with E-state index in [2.05, 4.69) is 53.2 Å². The zero-order valence-corrected chi connectivity index (χ0v) is 18.4. The molecule has 3 saturated heterocycles. The molecule has 0 amide bonds. The molecule has 162 valence electrons. The molecule has 1 aromatic heterocycles. The Bertz CT molecular complexity index is 1220. The second-order valence-electron chi connectivity index (χ2n) is 9.07. The van der Waals surface area contributed by atoms with Gasteiger partial charge in [0.05, 0.1) is 0 Å². The zero-order valence-electron chi connectivity index (χ0n) is 18.4. The monoisotopic (exact) mass is 424 g/mol. The lowest BCUT2D eigenvalue weighted by Gasteiger charge is -2.44. The summed E-state index contributed by atoms with van der Waals surface area (Å²) in [5.74, 6) is 3.28. The quantitative estimate of drug-likeness (QED) is 0.402. The predicted molar refractivity (Wildman–Crippen MR) is 129 cm³/mol. The van der Waals surface area contributed by atoms with Crippen LogP contribution in [0.3, 0.4) is 0 Å². The van der Waals surface area contributed by atoms with Gasteiger partial charge in [0.2, 0.25) is 0 Å². The normalized spacial score (nSPS) is 22.2. The Labute approximate surface area is 188 Å². The first-order chi connectivity index (χ1) is 15.7. The van der Waals surface area contributed by atoms with Crippen LogP contribution in [-0.2, 0) is 0 Å². The van der Waals surface area contributed by atoms with Gasteiger partial charge in [-0.1, -0.05) is 30.3 Å². The molecule has 3 fully saturated rings. The minimum absolute atomic E-state index is 0.319. The van der Waals surface area contributed by atoms with Crippen molar-refractivity contribution in [3.63, 3.8) is 0 Å². The summed E-state index contributed by atoms with van der Waals surface area (Å²) < 4.78 is 12.5. The van der Waals surface area contributed by atoms with Crippen molar-refractivity contribution in [2.75, 3.05) is 19.6 Å². The zero-order chi connectivity index (χ0) is 21.5. The fraction of sp³-hybridized carbons (Fsp3) is 0.286. The van der Waals surface area contributed by atoms with Crippen LogP contribution in [0.2, 0.25) is 0 Å². The van der Waals surface area contributed by atoms with E-state index in [0.717, 1.165) is 35.0 Å². The van der Waals surface area contributed by atoms with E-state index in [9.17, 15) is 0 Å². The Morgan fingerprint density at radius 3 is 2.28 bits per heavy atom. The number of nitrogens with zero attached hydrogens (tertiary/aromatic N) is 1. The number of piperidine rings is 3. The number of nitrogens with one attached hydrogen (secondary N) is 1. The molecule has 1 N–H and O–H groups in total. The van der Waals surface area contributed by atoms with Gasteiger partial charge in [0.1, 0.15) is 23.4 Å². The average Bonchev–Trinajstić information content (AvgIpc) is 3.17. The van der Waals surface area contributed by atoms with Crippen molar-refractivity contribution in [2.24, 2.45) is 5.92 Å². The fourth-order valence-corrected chi connectivity index (χ4v) is 5.29. The number of benzene rings is 3. The van der Waals surface area contributed by atoms with Gasteiger partial charge < -0.3 is 14.5 Å². The Morgan fingerprint density at radius 2 is 1.56 bits per heavy atom. The van der Waals surface area contributed by atoms with E-state index in [4.69, 9.17) is 9.47 Å². The maximum absolute atomic E-state index is 6.32. The summed E-state index contributed by atoms with van der Waals surface area (Å²) in [6, 6.07) is 24.8. The number of aromatic amines is 1. The van der Waals surface area contributed by atoms with Crippen molar-refractivity contribution in [1.82, 2.24) is 9.88 Å². The van der Waals surface area contributed by atoms with Crippen LogP contribution >= 0.6 is 0 Å². The highest BCUT2D eigenvalue weighted by molar-refractivity contribution is 5.98. The van der Waals surface area contributed by atoms with Gasteiger partial charge in [-0.2, -0.15) is 0 Å². The summed E-state index contributed by atoms with van der Waals surface area (Å²) in [6.45, 7) is 5.64. The predicted octanol–water partition coefficient (Wildman–Crippen LogP) is 6.41. The summed E-state index contributed by atoms with van der Waals surface area (Å²) in [4.78, 5) is 6.02. The van der Waals surface area contributed by atoms with Gasteiger partial charge in [0.15, 0.2) is 0 Å². The van der Waals surface area contributed by atoms with Gasteiger partial charge in [-0.15, -0.1) is 0 Å². The van der Waals surface area contributed by atoms with Gasteiger partial charge in [-0.25, -0.2) is 0 Å². The Hall–Kier alpha value is -3.24. The number of aromatic nitrogens is 1. The molecule has 4 heterocycles. The molecule has 3 aromatic carbocycles. The van der Waals surface area contributed by atoms with Crippen LogP contribution in [0.1, 0.15) is 18.5 Å². The van der Waals surface area contributed by atoms with E-state index in [1.807, 2.05) is 36.4 Å².